The summed E-state index contributed by atoms with van der Waals surface area (Å²) in [5, 5.41) is 2.44. The summed E-state index contributed by atoms with van der Waals surface area (Å²) in [6.45, 7) is 2.19. The highest BCUT2D eigenvalue weighted by atomic mass is 79.9. The molecular formula is C14H18BrN3O2. The van der Waals surface area contributed by atoms with Crippen LogP contribution in [0.15, 0.2) is 28.7 Å². The lowest BCUT2D eigenvalue weighted by Crippen LogP contribution is -2.49. The minimum Gasteiger partial charge on any atom is -0.352 e. The SMILES string of the molecule is C[C@H](NC(N)=O)C(=O)N(Cc1ccccc1Br)C1CC1. The van der Waals surface area contributed by atoms with Gasteiger partial charge in [0.15, 0.2) is 0 Å². The molecule has 6 heteroatoms. The number of urea groups is 1. The molecule has 0 aromatic heterocycles. The molecule has 1 aromatic rings. The van der Waals surface area contributed by atoms with E-state index in [0.717, 1.165) is 22.9 Å². The van der Waals surface area contributed by atoms with Crippen molar-refractivity contribution in [3.05, 3.63) is 34.3 Å². The molecule has 0 heterocycles. The van der Waals surface area contributed by atoms with Crippen molar-refractivity contribution in [3.63, 3.8) is 0 Å². The second-order valence-electron chi connectivity index (χ2n) is 5.02. The first-order valence-corrected chi connectivity index (χ1v) is 7.38. The normalized spacial score (nSPS) is 15.5. The molecule has 1 aliphatic carbocycles. The Balaban J connectivity index is 2.09. The second-order valence-corrected chi connectivity index (χ2v) is 5.87. The number of nitrogens with zero attached hydrogens (tertiary/aromatic N) is 1. The quantitative estimate of drug-likeness (QED) is 0.860. The van der Waals surface area contributed by atoms with E-state index in [1.165, 1.54) is 0 Å². The zero-order valence-electron chi connectivity index (χ0n) is 11.3. The van der Waals surface area contributed by atoms with Crippen LogP contribution in [0.5, 0.6) is 0 Å². The van der Waals surface area contributed by atoms with Crippen molar-refractivity contribution in [1.29, 1.82) is 0 Å². The van der Waals surface area contributed by atoms with Crippen LogP contribution in [-0.4, -0.2) is 28.9 Å². The average Bonchev–Trinajstić information content (AvgIpc) is 3.20. The lowest BCUT2D eigenvalue weighted by Gasteiger charge is -2.26. The van der Waals surface area contributed by atoms with E-state index >= 15 is 0 Å². The molecule has 1 aliphatic rings. The van der Waals surface area contributed by atoms with Crippen molar-refractivity contribution in [2.24, 2.45) is 5.73 Å². The molecule has 1 atom stereocenters. The van der Waals surface area contributed by atoms with Crippen LogP contribution in [0.1, 0.15) is 25.3 Å². The smallest absolute Gasteiger partial charge is 0.312 e. The van der Waals surface area contributed by atoms with Crippen molar-refractivity contribution < 1.29 is 9.59 Å². The molecule has 0 radical (unpaired) electrons. The van der Waals surface area contributed by atoms with Crippen LogP contribution in [0.3, 0.4) is 0 Å². The number of hydrogen-bond donors (Lipinski definition) is 2. The Hall–Kier alpha value is -1.56. The molecule has 0 aliphatic heterocycles. The molecule has 1 aromatic carbocycles. The van der Waals surface area contributed by atoms with Crippen LogP contribution in [0, 0.1) is 0 Å². The van der Waals surface area contributed by atoms with E-state index in [4.69, 9.17) is 5.73 Å². The van der Waals surface area contributed by atoms with Gasteiger partial charge in [0.2, 0.25) is 5.91 Å². The maximum atomic E-state index is 12.4. The molecule has 0 unspecified atom stereocenters. The summed E-state index contributed by atoms with van der Waals surface area (Å²) >= 11 is 3.49. The minimum absolute atomic E-state index is 0.0953. The molecular weight excluding hydrogens is 322 g/mol. The van der Waals surface area contributed by atoms with Crippen LogP contribution in [-0.2, 0) is 11.3 Å². The van der Waals surface area contributed by atoms with Crippen molar-refractivity contribution >= 4 is 27.9 Å². The number of nitrogens with two attached hydrogens (primary N) is 1. The number of halogens is 1. The van der Waals surface area contributed by atoms with Crippen LogP contribution < -0.4 is 11.1 Å². The summed E-state index contributed by atoms with van der Waals surface area (Å²) in [5.74, 6) is -0.0953. The first kappa shape index (κ1) is 14.8. The maximum absolute atomic E-state index is 12.4. The van der Waals surface area contributed by atoms with Crippen LogP contribution in [0.25, 0.3) is 0 Å². The van der Waals surface area contributed by atoms with Crippen LogP contribution >= 0.6 is 15.9 Å². The van der Waals surface area contributed by atoms with Gasteiger partial charge in [0.05, 0.1) is 0 Å². The zero-order valence-corrected chi connectivity index (χ0v) is 12.9. The Morgan fingerprint density at radius 1 is 1.45 bits per heavy atom. The van der Waals surface area contributed by atoms with Gasteiger partial charge >= 0.3 is 6.03 Å². The van der Waals surface area contributed by atoms with Gasteiger partial charge in [-0.2, -0.15) is 0 Å². The van der Waals surface area contributed by atoms with Gasteiger partial charge in [-0.15, -0.1) is 0 Å². The van der Waals surface area contributed by atoms with Crippen LogP contribution in [0.2, 0.25) is 0 Å². The predicted octanol–water partition coefficient (Wildman–Crippen LogP) is 2.00. The van der Waals surface area contributed by atoms with E-state index in [9.17, 15) is 9.59 Å². The molecule has 5 nitrogen and oxygen atoms in total. The number of amides is 3. The number of benzene rings is 1. The summed E-state index contributed by atoms with van der Waals surface area (Å²) in [6, 6.07) is 6.81. The van der Waals surface area contributed by atoms with Crippen molar-refractivity contribution in [3.8, 4) is 0 Å². The first-order valence-electron chi connectivity index (χ1n) is 6.59. The molecule has 0 saturated heterocycles. The molecule has 1 saturated carbocycles. The van der Waals surface area contributed by atoms with Gasteiger partial charge in [-0.05, 0) is 31.4 Å². The van der Waals surface area contributed by atoms with E-state index in [0.29, 0.717) is 6.54 Å². The maximum Gasteiger partial charge on any atom is 0.312 e. The number of primary amides is 1. The fourth-order valence-corrected chi connectivity index (χ4v) is 2.52. The lowest BCUT2D eigenvalue weighted by molar-refractivity contribution is -0.134. The Kier molecular flexibility index (Phi) is 4.65. The van der Waals surface area contributed by atoms with E-state index in [1.807, 2.05) is 29.2 Å². The molecule has 2 rings (SSSR count). The Bertz CT molecular complexity index is 517. The van der Waals surface area contributed by atoms with E-state index in [-0.39, 0.29) is 11.9 Å². The number of hydrogen-bond acceptors (Lipinski definition) is 2. The van der Waals surface area contributed by atoms with Gasteiger partial charge in [-0.1, -0.05) is 34.1 Å². The Morgan fingerprint density at radius 2 is 2.10 bits per heavy atom. The summed E-state index contributed by atoms with van der Waals surface area (Å²) in [7, 11) is 0. The molecule has 20 heavy (non-hydrogen) atoms. The predicted molar refractivity (Wildman–Crippen MR) is 79.9 cm³/mol. The summed E-state index contributed by atoms with van der Waals surface area (Å²) in [4.78, 5) is 25.1. The van der Waals surface area contributed by atoms with Gasteiger partial charge in [-0.3, -0.25) is 4.79 Å². The highest BCUT2D eigenvalue weighted by Gasteiger charge is 2.35. The largest absolute Gasteiger partial charge is 0.352 e. The van der Waals surface area contributed by atoms with Gasteiger partial charge in [0.25, 0.3) is 0 Å². The minimum atomic E-state index is -0.678. The Labute approximate surface area is 126 Å². The number of carbonyl (C=O) groups excluding carboxylic acids is 2. The number of nitrogens with one attached hydrogen (secondary N) is 1. The molecule has 0 spiro atoms. The van der Waals surface area contributed by atoms with Crippen LogP contribution in [0.4, 0.5) is 4.79 Å². The molecule has 3 amide bonds. The fourth-order valence-electron chi connectivity index (χ4n) is 2.11. The third-order valence-corrected chi connectivity index (χ3v) is 4.07. The fraction of sp³-hybridized carbons (Fsp3) is 0.429. The standard InChI is InChI=1S/C14H18BrN3O2/c1-9(17-14(16)20)13(19)18(11-6-7-11)8-10-4-2-3-5-12(10)15/h2-5,9,11H,6-8H2,1H3,(H3,16,17,20)/t9-/m0/s1. The van der Waals surface area contributed by atoms with Crippen molar-refractivity contribution in [1.82, 2.24) is 10.2 Å². The molecule has 3 N–H and O–H groups in total. The van der Waals surface area contributed by atoms with Gasteiger partial charge in [-0.25, -0.2) is 4.79 Å². The highest BCUT2D eigenvalue weighted by molar-refractivity contribution is 9.10. The summed E-state index contributed by atoms with van der Waals surface area (Å²) < 4.78 is 0.981. The topological polar surface area (TPSA) is 75.4 Å². The van der Waals surface area contributed by atoms with Crippen molar-refractivity contribution in [2.45, 2.75) is 38.4 Å². The third kappa shape index (κ3) is 3.72. The summed E-state index contributed by atoms with van der Waals surface area (Å²) in [6.07, 6.45) is 2.03. The molecule has 0 bridgehead atoms. The Morgan fingerprint density at radius 3 is 2.65 bits per heavy atom. The van der Waals surface area contributed by atoms with Gasteiger partial charge in [0, 0.05) is 17.1 Å². The lowest BCUT2D eigenvalue weighted by atomic mass is 10.2. The molecule has 108 valence electrons. The van der Waals surface area contributed by atoms with Gasteiger partial charge in [0.1, 0.15) is 6.04 Å². The number of rotatable bonds is 5. The highest BCUT2D eigenvalue weighted by Crippen LogP contribution is 2.30. The van der Waals surface area contributed by atoms with Gasteiger partial charge < -0.3 is 16.0 Å². The van der Waals surface area contributed by atoms with E-state index < -0.39 is 12.1 Å². The van der Waals surface area contributed by atoms with E-state index in [2.05, 4.69) is 21.2 Å². The third-order valence-electron chi connectivity index (χ3n) is 3.30. The number of carbonyl (C=O) groups is 2. The summed E-state index contributed by atoms with van der Waals surface area (Å²) in [5.41, 5.74) is 6.13. The zero-order chi connectivity index (χ0) is 14.7. The van der Waals surface area contributed by atoms with E-state index in [1.54, 1.807) is 6.92 Å². The average molecular weight is 340 g/mol. The molecule has 1 fully saturated rings. The monoisotopic (exact) mass is 339 g/mol. The van der Waals surface area contributed by atoms with Crippen molar-refractivity contribution in [2.75, 3.05) is 0 Å². The first-order chi connectivity index (χ1) is 9.49. The second kappa shape index (κ2) is 6.26.